The van der Waals surface area contributed by atoms with Crippen molar-refractivity contribution in [2.75, 3.05) is 91.6 Å². The van der Waals surface area contributed by atoms with Crippen LogP contribution in [0.25, 0.3) is 0 Å². The van der Waals surface area contributed by atoms with Gasteiger partial charge < -0.3 is 8.97 Å². The van der Waals surface area contributed by atoms with E-state index in [1.54, 1.807) is 0 Å². The van der Waals surface area contributed by atoms with E-state index in [1.165, 1.54) is 101 Å². The van der Waals surface area contributed by atoms with E-state index in [1.807, 2.05) is 0 Å². The summed E-state index contributed by atoms with van der Waals surface area (Å²) in [7, 11) is 0. The van der Waals surface area contributed by atoms with E-state index >= 15 is 0 Å². The molecule has 144 valence electrons. The molecule has 4 nitrogen and oxygen atoms in total. The van der Waals surface area contributed by atoms with E-state index in [4.69, 9.17) is 0 Å². The number of hydrogen-bond donors (Lipinski definition) is 0. The molecule has 1 aliphatic rings. The van der Waals surface area contributed by atoms with Crippen LogP contribution in [0.5, 0.6) is 0 Å². The van der Waals surface area contributed by atoms with Gasteiger partial charge in [0.25, 0.3) is 0 Å². The molecule has 0 unspecified atom stereocenters. The molecule has 0 spiro atoms. The Kier molecular flexibility index (Phi) is 9.80. The zero-order valence-electron chi connectivity index (χ0n) is 17.7. The van der Waals surface area contributed by atoms with E-state index in [0.717, 1.165) is 0 Å². The summed E-state index contributed by atoms with van der Waals surface area (Å²) in [6.07, 6.45) is 0. The van der Waals surface area contributed by atoms with Gasteiger partial charge in [0.15, 0.2) is 0 Å². The van der Waals surface area contributed by atoms with Crippen LogP contribution >= 0.6 is 0 Å². The summed E-state index contributed by atoms with van der Waals surface area (Å²) < 4.78 is 2.56. The molecule has 0 amide bonds. The van der Waals surface area contributed by atoms with Crippen molar-refractivity contribution in [1.29, 1.82) is 0 Å². The van der Waals surface area contributed by atoms with Crippen molar-refractivity contribution in [3.8, 4) is 0 Å². The second kappa shape index (κ2) is 10.7. The molecule has 0 radical (unpaired) electrons. The Morgan fingerprint density at radius 2 is 0.750 bits per heavy atom. The maximum absolute atomic E-state index is 2.70. The fourth-order valence-electron chi connectivity index (χ4n) is 4.23. The maximum atomic E-state index is 2.70. The first-order valence-corrected chi connectivity index (χ1v) is 10.7. The van der Waals surface area contributed by atoms with Gasteiger partial charge in [-0.2, -0.15) is 0 Å². The minimum absolute atomic E-state index is 1.27. The lowest BCUT2D eigenvalue weighted by Gasteiger charge is -2.41. The van der Waals surface area contributed by atoms with Crippen molar-refractivity contribution in [3.05, 3.63) is 0 Å². The molecule has 0 aliphatic carbocycles. The zero-order chi connectivity index (χ0) is 18.1. The SMILES string of the molecule is CC[N+](CC)(CC)CCN1CCN(CC[N+](CC)(CC)CC)CC1. The Balaban J connectivity index is 2.34. The average molecular weight is 343 g/mol. The van der Waals surface area contributed by atoms with Gasteiger partial charge in [-0.05, 0) is 41.5 Å². The van der Waals surface area contributed by atoms with Crippen molar-refractivity contribution in [3.63, 3.8) is 0 Å². The van der Waals surface area contributed by atoms with Crippen LogP contribution in [0.3, 0.4) is 0 Å². The van der Waals surface area contributed by atoms with E-state index in [0.29, 0.717) is 0 Å². The van der Waals surface area contributed by atoms with Crippen LogP contribution in [0.4, 0.5) is 0 Å². The van der Waals surface area contributed by atoms with Crippen LogP contribution in [-0.4, -0.2) is 110 Å². The number of likely N-dealkylation sites (N-methyl/N-ethyl adjacent to an activating group) is 2. The van der Waals surface area contributed by atoms with Crippen molar-refractivity contribution in [2.45, 2.75) is 41.5 Å². The maximum Gasteiger partial charge on any atom is 0.0915 e. The Morgan fingerprint density at radius 3 is 0.958 bits per heavy atom. The Labute approximate surface area is 152 Å². The Bertz CT molecular complexity index is 267. The Morgan fingerprint density at radius 1 is 0.500 bits per heavy atom. The van der Waals surface area contributed by atoms with Crippen LogP contribution in [0, 0.1) is 0 Å². The van der Waals surface area contributed by atoms with Gasteiger partial charge in [0.05, 0.1) is 52.4 Å². The molecule has 1 fully saturated rings. The van der Waals surface area contributed by atoms with E-state index in [2.05, 4.69) is 51.3 Å². The largest absolute Gasteiger partial charge is 0.323 e. The quantitative estimate of drug-likeness (QED) is 0.502. The highest BCUT2D eigenvalue weighted by atomic mass is 15.4. The molecular formula is C20H46N4+2. The molecule has 0 atom stereocenters. The summed E-state index contributed by atoms with van der Waals surface area (Å²) in [6, 6.07) is 0. The second-order valence-electron chi connectivity index (χ2n) is 7.71. The van der Waals surface area contributed by atoms with Gasteiger partial charge in [-0.1, -0.05) is 0 Å². The molecule has 0 bridgehead atoms. The first kappa shape index (κ1) is 21.9. The zero-order valence-corrected chi connectivity index (χ0v) is 17.7. The van der Waals surface area contributed by atoms with Crippen LogP contribution < -0.4 is 0 Å². The molecule has 0 aromatic rings. The third-order valence-corrected chi connectivity index (χ3v) is 7.27. The summed E-state index contributed by atoms with van der Waals surface area (Å²) in [6.45, 7) is 32.0. The highest BCUT2D eigenvalue weighted by molar-refractivity contribution is 4.72. The van der Waals surface area contributed by atoms with Gasteiger partial charge in [0.2, 0.25) is 0 Å². The smallest absolute Gasteiger partial charge is 0.0915 e. The molecule has 0 aromatic carbocycles. The van der Waals surface area contributed by atoms with Crippen LogP contribution in [0.15, 0.2) is 0 Å². The molecule has 0 saturated carbocycles. The second-order valence-corrected chi connectivity index (χ2v) is 7.71. The molecular weight excluding hydrogens is 296 g/mol. The normalized spacial score (nSPS) is 18.2. The summed E-state index contributed by atoms with van der Waals surface area (Å²) in [5, 5.41) is 0. The van der Waals surface area contributed by atoms with Crippen molar-refractivity contribution in [1.82, 2.24) is 9.80 Å². The van der Waals surface area contributed by atoms with Gasteiger partial charge in [-0.15, -0.1) is 0 Å². The minimum atomic E-state index is 1.27. The Hall–Kier alpha value is -0.160. The predicted octanol–water partition coefficient (Wildman–Crippen LogP) is 2.36. The number of piperazine rings is 1. The van der Waals surface area contributed by atoms with Crippen LogP contribution in [0.2, 0.25) is 0 Å². The molecule has 4 heteroatoms. The lowest BCUT2D eigenvalue weighted by Crippen LogP contribution is -2.56. The summed E-state index contributed by atoms with van der Waals surface area (Å²) >= 11 is 0. The van der Waals surface area contributed by atoms with Gasteiger partial charge >= 0.3 is 0 Å². The predicted molar refractivity (Wildman–Crippen MR) is 106 cm³/mol. The topological polar surface area (TPSA) is 6.48 Å². The number of nitrogens with zero attached hydrogens (tertiary/aromatic N) is 4. The lowest BCUT2D eigenvalue weighted by molar-refractivity contribution is -0.923. The number of hydrogen-bond acceptors (Lipinski definition) is 2. The van der Waals surface area contributed by atoms with Gasteiger partial charge in [0, 0.05) is 39.3 Å². The van der Waals surface area contributed by atoms with Crippen molar-refractivity contribution < 1.29 is 8.97 Å². The van der Waals surface area contributed by atoms with Gasteiger partial charge in [0.1, 0.15) is 0 Å². The lowest BCUT2D eigenvalue weighted by atomic mass is 10.2. The van der Waals surface area contributed by atoms with Crippen LogP contribution in [0.1, 0.15) is 41.5 Å². The minimum Gasteiger partial charge on any atom is -0.323 e. The standard InChI is InChI=1S/C20H46N4/c1-7-23(8-2,9-3)19-17-21-13-15-22(16-14-21)18-20-24(10-4,11-5)12-6/h7-20H2,1-6H3/q+2. The van der Waals surface area contributed by atoms with E-state index in [9.17, 15) is 0 Å². The molecule has 0 aromatic heterocycles. The average Bonchev–Trinajstić information content (AvgIpc) is 2.66. The fraction of sp³-hybridized carbons (Fsp3) is 1.00. The highest BCUT2D eigenvalue weighted by Crippen LogP contribution is 2.10. The number of rotatable bonds is 12. The van der Waals surface area contributed by atoms with Gasteiger partial charge in [-0.25, -0.2) is 0 Å². The molecule has 1 aliphatic heterocycles. The molecule has 24 heavy (non-hydrogen) atoms. The van der Waals surface area contributed by atoms with Crippen LogP contribution in [-0.2, 0) is 0 Å². The van der Waals surface area contributed by atoms with E-state index < -0.39 is 0 Å². The molecule has 1 saturated heterocycles. The summed E-state index contributed by atoms with van der Waals surface area (Å²) in [5.74, 6) is 0. The third kappa shape index (κ3) is 5.98. The van der Waals surface area contributed by atoms with Gasteiger partial charge in [-0.3, -0.25) is 9.80 Å². The summed E-state index contributed by atoms with van der Waals surface area (Å²) in [5.41, 5.74) is 0. The first-order chi connectivity index (χ1) is 11.5. The third-order valence-electron chi connectivity index (χ3n) is 7.27. The van der Waals surface area contributed by atoms with Crippen molar-refractivity contribution >= 4 is 0 Å². The molecule has 1 heterocycles. The monoisotopic (exact) mass is 342 g/mol. The first-order valence-electron chi connectivity index (χ1n) is 10.7. The molecule has 1 rings (SSSR count). The highest BCUT2D eigenvalue weighted by Gasteiger charge is 2.26. The number of quaternary nitrogens is 2. The molecule has 0 N–H and O–H groups in total. The van der Waals surface area contributed by atoms with E-state index in [-0.39, 0.29) is 0 Å². The van der Waals surface area contributed by atoms with Crippen molar-refractivity contribution in [2.24, 2.45) is 0 Å². The summed E-state index contributed by atoms with van der Waals surface area (Å²) in [4.78, 5) is 5.40. The fourth-order valence-corrected chi connectivity index (χ4v) is 4.23.